The van der Waals surface area contributed by atoms with E-state index in [1.54, 1.807) is 17.9 Å². The molecule has 0 saturated carbocycles. The number of nitrogens with one attached hydrogen (secondary N) is 2. The van der Waals surface area contributed by atoms with Crippen LogP contribution in [0.3, 0.4) is 0 Å². The van der Waals surface area contributed by atoms with E-state index >= 15 is 0 Å². The van der Waals surface area contributed by atoms with Crippen LogP contribution < -0.4 is 15.4 Å². The van der Waals surface area contributed by atoms with Crippen molar-refractivity contribution in [3.8, 4) is 5.75 Å². The highest BCUT2D eigenvalue weighted by molar-refractivity contribution is 5.95. The van der Waals surface area contributed by atoms with Crippen molar-refractivity contribution in [3.05, 3.63) is 42.1 Å². The number of benzene rings is 1. The monoisotopic (exact) mass is 316 g/mol. The molecular formula is C16H20N4O3. The number of para-hydroxylation sites is 1. The SMILES string of the molecule is COCCn1ccc(NC(=O)C2NCCOc3ccccc32)n1. The van der Waals surface area contributed by atoms with Gasteiger partial charge in [-0.1, -0.05) is 18.2 Å². The summed E-state index contributed by atoms with van der Waals surface area (Å²) in [5.41, 5.74) is 0.835. The van der Waals surface area contributed by atoms with Crippen molar-refractivity contribution in [1.82, 2.24) is 15.1 Å². The van der Waals surface area contributed by atoms with E-state index in [0.29, 0.717) is 32.1 Å². The van der Waals surface area contributed by atoms with Gasteiger partial charge in [0.1, 0.15) is 18.4 Å². The van der Waals surface area contributed by atoms with Crippen molar-refractivity contribution in [2.75, 3.05) is 32.2 Å². The van der Waals surface area contributed by atoms with Crippen molar-refractivity contribution in [2.24, 2.45) is 0 Å². The van der Waals surface area contributed by atoms with Crippen molar-refractivity contribution in [3.63, 3.8) is 0 Å². The zero-order chi connectivity index (χ0) is 16.1. The van der Waals surface area contributed by atoms with Gasteiger partial charge in [0.05, 0.1) is 13.2 Å². The molecule has 1 atom stereocenters. The fraction of sp³-hybridized carbons (Fsp3) is 0.375. The van der Waals surface area contributed by atoms with Crippen LogP contribution in [0.15, 0.2) is 36.5 Å². The van der Waals surface area contributed by atoms with Gasteiger partial charge in [-0.15, -0.1) is 0 Å². The van der Waals surface area contributed by atoms with E-state index in [1.807, 2.05) is 30.5 Å². The summed E-state index contributed by atoms with van der Waals surface area (Å²) >= 11 is 0. The predicted molar refractivity (Wildman–Crippen MR) is 85.4 cm³/mol. The van der Waals surface area contributed by atoms with Gasteiger partial charge in [-0.25, -0.2) is 0 Å². The van der Waals surface area contributed by atoms with Gasteiger partial charge in [0, 0.05) is 31.5 Å². The molecule has 23 heavy (non-hydrogen) atoms. The number of fused-ring (bicyclic) bond motifs is 1. The van der Waals surface area contributed by atoms with Gasteiger partial charge in [-0.3, -0.25) is 14.8 Å². The van der Waals surface area contributed by atoms with Crippen LogP contribution in [0.2, 0.25) is 0 Å². The number of ether oxygens (including phenoxy) is 2. The number of aromatic nitrogens is 2. The van der Waals surface area contributed by atoms with Crippen LogP contribution in [0.25, 0.3) is 0 Å². The summed E-state index contributed by atoms with van der Waals surface area (Å²) in [6, 6.07) is 8.88. The van der Waals surface area contributed by atoms with E-state index in [9.17, 15) is 4.79 Å². The Labute approximate surface area is 134 Å². The molecule has 7 nitrogen and oxygen atoms in total. The van der Waals surface area contributed by atoms with Crippen molar-refractivity contribution in [2.45, 2.75) is 12.6 Å². The van der Waals surface area contributed by atoms with E-state index in [2.05, 4.69) is 15.7 Å². The molecule has 1 unspecified atom stereocenters. The largest absolute Gasteiger partial charge is 0.492 e. The Kier molecular flexibility index (Phi) is 4.89. The Hall–Kier alpha value is -2.38. The van der Waals surface area contributed by atoms with Crippen LogP contribution in [-0.2, 0) is 16.1 Å². The Morgan fingerprint density at radius 2 is 2.35 bits per heavy atom. The lowest BCUT2D eigenvalue weighted by Crippen LogP contribution is -2.33. The molecule has 0 spiro atoms. The minimum absolute atomic E-state index is 0.153. The van der Waals surface area contributed by atoms with Gasteiger partial charge >= 0.3 is 0 Å². The van der Waals surface area contributed by atoms with Crippen molar-refractivity contribution in [1.29, 1.82) is 0 Å². The van der Waals surface area contributed by atoms with E-state index in [4.69, 9.17) is 9.47 Å². The molecule has 0 saturated heterocycles. The number of carbonyl (C=O) groups is 1. The van der Waals surface area contributed by atoms with Crippen LogP contribution in [0, 0.1) is 0 Å². The third-order valence-corrected chi connectivity index (χ3v) is 3.62. The molecule has 0 aliphatic carbocycles. The molecule has 1 amide bonds. The lowest BCUT2D eigenvalue weighted by molar-refractivity contribution is -0.118. The fourth-order valence-corrected chi connectivity index (χ4v) is 2.49. The number of amides is 1. The lowest BCUT2D eigenvalue weighted by atomic mass is 10.1. The first-order chi connectivity index (χ1) is 11.3. The highest BCUT2D eigenvalue weighted by Gasteiger charge is 2.26. The quantitative estimate of drug-likeness (QED) is 0.866. The maximum absolute atomic E-state index is 12.6. The summed E-state index contributed by atoms with van der Waals surface area (Å²) in [4.78, 5) is 12.6. The van der Waals surface area contributed by atoms with Crippen LogP contribution >= 0.6 is 0 Å². The number of nitrogens with zero attached hydrogens (tertiary/aromatic N) is 2. The Balaban J connectivity index is 1.71. The van der Waals surface area contributed by atoms with E-state index in [0.717, 1.165) is 11.3 Å². The molecule has 3 rings (SSSR count). The molecular weight excluding hydrogens is 296 g/mol. The normalized spacial score (nSPS) is 17.0. The standard InChI is InChI=1S/C16H20N4O3/c1-22-11-9-20-8-6-14(19-20)18-16(21)15-12-4-2-3-5-13(12)23-10-7-17-15/h2-6,8,15,17H,7,9-11H2,1H3,(H,18,19,21). The summed E-state index contributed by atoms with van der Waals surface area (Å²) in [6.45, 7) is 2.36. The molecule has 2 aromatic rings. The zero-order valence-electron chi connectivity index (χ0n) is 13.0. The summed E-state index contributed by atoms with van der Waals surface area (Å²) in [5.74, 6) is 1.11. The number of rotatable bonds is 5. The highest BCUT2D eigenvalue weighted by Crippen LogP contribution is 2.27. The van der Waals surface area contributed by atoms with Gasteiger partial charge in [0.25, 0.3) is 0 Å². The second-order valence-electron chi connectivity index (χ2n) is 5.22. The molecule has 1 aliphatic rings. The third-order valence-electron chi connectivity index (χ3n) is 3.62. The smallest absolute Gasteiger partial charge is 0.247 e. The maximum Gasteiger partial charge on any atom is 0.247 e. The molecule has 122 valence electrons. The molecule has 0 radical (unpaired) electrons. The first-order valence-corrected chi connectivity index (χ1v) is 7.56. The predicted octanol–water partition coefficient (Wildman–Crippen LogP) is 1.19. The van der Waals surface area contributed by atoms with Crippen molar-refractivity contribution < 1.29 is 14.3 Å². The minimum Gasteiger partial charge on any atom is -0.492 e. The van der Waals surface area contributed by atoms with Crippen molar-refractivity contribution >= 4 is 11.7 Å². The molecule has 1 aromatic heterocycles. The second kappa shape index (κ2) is 7.26. The molecule has 0 bridgehead atoms. The highest BCUT2D eigenvalue weighted by atomic mass is 16.5. The van der Waals surface area contributed by atoms with Gasteiger partial charge in [0.15, 0.2) is 5.82 Å². The average molecular weight is 316 g/mol. The summed E-state index contributed by atoms with van der Waals surface area (Å²) in [7, 11) is 1.64. The topological polar surface area (TPSA) is 77.4 Å². The molecule has 1 aliphatic heterocycles. The summed E-state index contributed by atoms with van der Waals surface area (Å²) < 4.78 is 12.4. The number of anilines is 1. The molecule has 0 fully saturated rings. The van der Waals surface area contributed by atoms with Gasteiger partial charge < -0.3 is 14.8 Å². The molecule has 1 aromatic carbocycles. The minimum atomic E-state index is -0.460. The van der Waals surface area contributed by atoms with Crippen LogP contribution in [0.5, 0.6) is 5.75 Å². The number of hydrogen-bond acceptors (Lipinski definition) is 5. The fourth-order valence-electron chi connectivity index (χ4n) is 2.49. The second-order valence-corrected chi connectivity index (χ2v) is 5.22. The lowest BCUT2D eigenvalue weighted by Gasteiger charge is -2.16. The summed E-state index contributed by atoms with van der Waals surface area (Å²) in [5, 5.41) is 10.4. The first-order valence-electron chi connectivity index (χ1n) is 7.56. The Morgan fingerprint density at radius 1 is 1.48 bits per heavy atom. The number of methoxy groups -OCH3 is 1. The Bertz CT molecular complexity index is 671. The number of hydrogen-bond donors (Lipinski definition) is 2. The van der Waals surface area contributed by atoms with Crippen LogP contribution in [0.4, 0.5) is 5.82 Å². The maximum atomic E-state index is 12.6. The van der Waals surface area contributed by atoms with E-state index < -0.39 is 6.04 Å². The van der Waals surface area contributed by atoms with Gasteiger partial charge in [0.2, 0.25) is 5.91 Å². The first kappa shape index (κ1) is 15.5. The zero-order valence-corrected chi connectivity index (χ0v) is 13.0. The number of carbonyl (C=O) groups excluding carboxylic acids is 1. The average Bonchev–Trinajstić information content (AvgIpc) is 2.89. The van der Waals surface area contributed by atoms with Crippen LogP contribution in [-0.4, -0.2) is 42.6 Å². The molecule has 7 heteroatoms. The molecule has 2 N–H and O–H groups in total. The van der Waals surface area contributed by atoms with Gasteiger partial charge in [-0.05, 0) is 6.07 Å². The van der Waals surface area contributed by atoms with Gasteiger partial charge in [-0.2, -0.15) is 5.10 Å². The van der Waals surface area contributed by atoms with E-state index in [-0.39, 0.29) is 5.91 Å². The summed E-state index contributed by atoms with van der Waals surface area (Å²) in [6.07, 6.45) is 1.81. The van der Waals surface area contributed by atoms with E-state index in [1.165, 1.54) is 0 Å². The van der Waals surface area contributed by atoms with Crippen LogP contribution in [0.1, 0.15) is 11.6 Å². The molecule has 2 heterocycles. The Morgan fingerprint density at radius 3 is 3.22 bits per heavy atom. The third kappa shape index (κ3) is 3.69.